The number of thiazole rings is 1. The molecule has 1 aromatic rings. The summed E-state index contributed by atoms with van der Waals surface area (Å²) in [5.74, 6) is 0. The number of hydrogen-bond donors (Lipinski definition) is 1. The Labute approximate surface area is 122 Å². The third-order valence-corrected chi connectivity index (χ3v) is 4.31. The Hall–Kier alpha value is -0.620. The molecule has 1 atom stereocenters. The summed E-state index contributed by atoms with van der Waals surface area (Å²) in [6, 6.07) is -0.00442. The molecule has 0 radical (unpaired) electrons. The molecular weight excluding hydrogens is 285 g/mol. The van der Waals surface area contributed by atoms with Gasteiger partial charge in [0.05, 0.1) is 0 Å². The number of aromatic nitrogens is 1. The van der Waals surface area contributed by atoms with Crippen LogP contribution in [0.25, 0.3) is 0 Å². The summed E-state index contributed by atoms with van der Waals surface area (Å²) in [6.45, 7) is 4.88. The lowest BCUT2D eigenvalue weighted by Gasteiger charge is -2.15. The molecule has 0 bridgehead atoms. The van der Waals surface area contributed by atoms with Crippen LogP contribution in [-0.4, -0.2) is 11.5 Å². The predicted molar refractivity (Wildman–Crippen MR) is 76.9 cm³/mol. The minimum Gasteiger partial charge on any atom is -0.309 e. The van der Waals surface area contributed by atoms with Gasteiger partial charge in [-0.05, 0) is 13.0 Å². The average Bonchev–Trinajstić information content (AvgIpc) is 2.86. The van der Waals surface area contributed by atoms with E-state index in [0.717, 1.165) is 37.1 Å². The van der Waals surface area contributed by atoms with Gasteiger partial charge in [-0.25, -0.2) is 4.98 Å². The molecule has 1 N–H and O–H groups in total. The van der Waals surface area contributed by atoms with Gasteiger partial charge in [0.25, 0.3) is 0 Å². The predicted octanol–water partition coefficient (Wildman–Crippen LogP) is 5.17. The van der Waals surface area contributed by atoms with E-state index in [-0.39, 0.29) is 6.04 Å². The van der Waals surface area contributed by atoms with Gasteiger partial charge in [0, 0.05) is 17.1 Å². The normalized spacial score (nSPS) is 13.7. The molecule has 0 amide bonds. The van der Waals surface area contributed by atoms with Crippen LogP contribution in [-0.2, 0) is 6.18 Å². The van der Waals surface area contributed by atoms with E-state index in [2.05, 4.69) is 17.2 Å². The minimum atomic E-state index is -4.33. The van der Waals surface area contributed by atoms with E-state index in [4.69, 9.17) is 0 Å². The molecule has 0 spiro atoms. The molecule has 116 valence electrons. The number of nitrogens with zero attached hydrogens (tertiary/aromatic N) is 1. The SMILES string of the molecule is CCCCCCCC(NCC)c1cnc(C(F)(F)F)s1. The largest absolute Gasteiger partial charge is 0.443 e. The van der Waals surface area contributed by atoms with Crippen LogP contribution in [0.1, 0.15) is 68.3 Å². The van der Waals surface area contributed by atoms with Crippen molar-refractivity contribution in [3.8, 4) is 0 Å². The number of alkyl halides is 3. The van der Waals surface area contributed by atoms with Gasteiger partial charge in [-0.3, -0.25) is 0 Å². The summed E-state index contributed by atoms with van der Waals surface area (Å²) < 4.78 is 37.7. The van der Waals surface area contributed by atoms with Gasteiger partial charge in [-0.1, -0.05) is 46.0 Å². The Bertz CT molecular complexity index is 377. The van der Waals surface area contributed by atoms with E-state index in [1.54, 1.807) is 0 Å². The van der Waals surface area contributed by atoms with Gasteiger partial charge in [-0.15, -0.1) is 11.3 Å². The van der Waals surface area contributed by atoms with E-state index in [1.807, 2.05) is 6.92 Å². The van der Waals surface area contributed by atoms with Crippen molar-refractivity contribution in [3.63, 3.8) is 0 Å². The smallest absolute Gasteiger partial charge is 0.309 e. The maximum absolute atomic E-state index is 12.6. The van der Waals surface area contributed by atoms with Crippen molar-refractivity contribution in [2.45, 2.75) is 64.6 Å². The van der Waals surface area contributed by atoms with Crippen LogP contribution in [0.4, 0.5) is 13.2 Å². The first-order valence-corrected chi connectivity index (χ1v) is 8.07. The molecule has 2 nitrogen and oxygen atoms in total. The molecule has 1 heterocycles. The second kappa shape index (κ2) is 8.62. The number of hydrogen-bond acceptors (Lipinski definition) is 3. The van der Waals surface area contributed by atoms with Crippen LogP contribution < -0.4 is 5.32 Å². The monoisotopic (exact) mass is 308 g/mol. The Morgan fingerprint density at radius 1 is 1.20 bits per heavy atom. The number of unbranched alkanes of at least 4 members (excludes halogenated alkanes) is 4. The second-order valence-corrected chi connectivity index (χ2v) is 5.94. The van der Waals surface area contributed by atoms with Gasteiger partial charge in [-0.2, -0.15) is 13.2 Å². The van der Waals surface area contributed by atoms with Gasteiger partial charge in [0.15, 0.2) is 5.01 Å². The number of nitrogens with one attached hydrogen (secondary N) is 1. The fraction of sp³-hybridized carbons (Fsp3) is 0.786. The summed E-state index contributed by atoms with van der Waals surface area (Å²) in [6.07, 6.45) is 3.71. The topological polar surface area (TPSA) is 24.9 Å². The molecule has 1 aromatic heterocycles. The maximum Gasteiger partial charge on any atom is 0.443 e. The molecule has 0 saturated heterocycles. The van der Waals surface area contributed by atoms with Crippen molar-refractivity contribution in [1.82, 2.24) is 10.3 Å². The van der Waals surface area contributed by atoms with Crippen molar-refractivity contribution in [2.75, 3.05) is 6.54 Å². The molecule has 0 aliphatic heterocycles. The zero-order valence-corrected chi connectivity index (χ0v) is 12.9. The van der Waals surface area contributed by atoms with Gasteiger partial charge in [0.2, 0.25) is 0 Å². The van der Waals surface area contributed by atoms with E-state index in [9.17, 15) is 13.2 Å². The maximum atomic E-state index is 12.6. The summed E-state index contributed by atoms with van der Waals surface area (Å²) >= 11 is 0.758. The van der Waals surface area contributed by atoms with Gasteiger partial charge in [0.1, 0.15) is 0 Å². The lowest BCUT2D eigenvalue weighted by molar-refractivity contribution is -0.137. The second-order valence-electron chi connectivity index (χ2n) is 4.88. The van der Waals surface area contributed by atoms with Crippen LogP contribution in [0, 0.1) is 0 Å². The molecular formula is C14H23F3N2S. The summed E-state index contributed by atoms with van der Waals surface area (Å²) in [4.78, 5) is 4.19. The molecule has 0 aromatic carbocycles. The Morgan fingerprint density at radius 2 is 1.90 bits per heavy atom. The molecule has 0 aliphatic carbocycles. The Balaban J connectivity index is 2.54. The summed E-state index contributed by atoms with van der Waals surface area (Å²) in [7, 11) is 0. The highest BCUT2D eigenvalue weighted by atomic mass is 32.1. The summed E-state index contributed by atoms with van der Waals surface area (Å²) in [5.41, 5.74) is 0. The van der Waals surface area contributed by atoms with Crippen LogP contribution in [0.15, 0.2) is 6.20 Å². The average molecular weight is 308 g/mol. The van der Waals surface area contributed by atoms with Crippen molar-refractivity contribution in [2.24, 2.45) is 0 Å². The lowest BCUT2D eigenvalue weighted by Crippen LogP contribution is -2.19. The Kier molecular flexibility index (Phi) is 7.51. The standard InChI is InChI=1S/C14H23F3N2S/c1-3-5-6-7-8-9-11(18-4-2)12-10-19-13(20-12)14(15,16)17/h10-11,18H,3-9H2,1-2H3. The van der Waals surface area contributed by atoms with E-state index >= 15 is 0 Å². The highest BCUT2D eigenvalue weighted by Crippen LogP contribution is 2.35. The Morgan fingerprint density at radius 3 is 2.45 bits per heavy atom. The van der Waals surface area contributed by atoms with Crippen LogP contribution >= 0.6 is 11.3 Å². The van der Waals surface area contributed by atoms with Crippen LogP contribution in [0.2, 0.25) is 0 Å². The molecule has 0 aliphatic rings. The minimum absolute atomic E-state index is 0.00442. The van der Waals surface area contributed by atoms with E-state index in [0.29, 0.717) is 4.88 Å². The van der Waals surface area contributed by atoms with Crippen LogP contribution in [0.5, 0.6) is 0 Å². The molecule has 6 heteroatoms. The molecule has 0 saturated carbocycles. The third-order valence-electron chi connectivity index (χ3n) is 3.16. The van der Waals surface area contributed by atoms with Crippen molar-refractivity contribution >= 4 is 11.3 Å². The van der Waals surface area contributed by atoms with Crippen LogP contribution in [0.3, 0.4) is 0 Å². The molecule has 0 fully saturated rings. The summed E-state index contributed by atoms with van der Waals surface area (Å²) in [5, 5.41) is 2.51. The van der Waals surface area contributed by atoms with Gasteiger partial charge < -0.3 is 5.32 Å². The molecule has 20 heavy (non-hydrogen) atoms. The number of halogens is 3. The first-order valence-electron chi connectivity index (χ1n) is 7.25. The highest BCUT2D eigenvalue weighted by molar-refractivity contribution is 7.11. The fourth-order valence-electron chi connectivity index (χ4n) is 2.12. The molecule has 1 unspecified atom stereocenters. The number of rotatable bonds is 9. The van der Waals surface area contributed by atoms with Crippen molar-refractivity contribution in [1.29, 1.82) is 0 Å². The quantitative estimate of drug-likeness (QED) is 0.636. The molecule has 1 rings (SSSR count). The first kappa shape index (κ1) is 17.4. The van der Waals surface area contributed by atoms with E-state index in [1.165, 1.54) is 25.5 Å². The fourth-order valence-corrected chi connectivity index (χ4v) is 3.02. The third kappa shape index (κ3) is 5.79. The van der Waals surface area contributed by atoms with E-state index < -0.39 is 11.2 Å². The van der Waals surface area contributed by atoms with Crippen molar-refractivity contribution < 1.29 is 13.2 Å². The van der Waals surface area contributed by atoms with Gasteiger partial charge >= 0.3 is 6.18 Å². The van der Waals surface area contributed by atoms with Crippen molar-refractivity contribution in [3.05, 3.63) is 16.1 Å². The zero-order chi connectivity index (χ0) is 15.0. The lowest BCUT2D eigenvalue weighted by atomic mass is 10.1. The first-order chi connectivity index (χ1) is 9.49. The zero-order valence-electron chi connectivity index (χ0n) is 12.1. The highest BCUT2D eigenvalue weighted by Gasteiger charge is 2.35.